The molecule has 1 amide bonds. The molecule has 0 bridgehead atoms. The molecule has 1 atom stereocenters. The quantitative estimate of drug-likeness (QED) is 0.557. The Balaban J connectivity index is 2.08. The van der Waals surface area contributed by atoms with Crippen LogP contribution in [-0.2, 0) is 11.3 Å². The maximum absolute atomic E-state index is 12.4. The minimum Gasteiger partial charge on any atom is -0.325 e. The van der Waals surface area contributed by atoms with Gasteiger partial charge in [0, 0.05) is 17.3 Å². The van der Waals surface area contributed by atoms with Crippen LogP contribution in [0.1, 0.15) is 50.5 Å². The summed E-state index contributed by atoms with van der Waals surface area (Å²) in [4.78, 5) is 14.5. The molecule has 28 heavy (non-hydrogen) atoms. The van der Waals surface area contributed by atoms with E-state index in [0.717, 1.165) is 42.4 Å². The number of benzene rings is 1. The molecule has 0 fully saturated rings. The Bertz CT molecular complexity index is 793. The van der Waals surface area contributed by atoms with Gasteiger partial charge in [-0.25, -0.2) is 0 Å². The van der Waals surface area contributed by atoms with Crippen molar-refractivity contribution < 1.29 is 4.79 Å². The fraction of sp³-hybridized carbons (Fsp3) is 0.550. The molecule has 1 heterocycles. The van der Waals surface area contributed by atoms with Gasteiger partial charge in [0.2, 0.25) is 5.91 Å². The van der Waals surface area contributed by atoms with Gasteiger partial charge in [0.25, 0.3) is 0 Å². The number of nitrogens with one attached hydrogen (secondary N) is 1. The van der Waals surface area contributed by atoms with E-state index >= 15 is 0 Å². The van der Waals surface area contributed by atoms with Crippen LogP contribution >= 0.6 is 23.4 Å². The smallest absolute Gasteiger partial charge is 0.234 e. The van der Waals surface area contributed by atoms with E-state index in [1.807, 2.05) is 19.1 Å². The normalized spacial score (nSPS) is 12.4. The highest BCUT2D eigenvalue weighted by Gasteiger charge is 2.22. The highest BCUT2D eigenvalue weighted by Crippen LogP contribution is 2.26. The summed E-state index contributed by atoms with van der Waals surface area (Å²) in [6.45, 7) is 7.11. The molecule has 0 radical (unpaired) electrons. The Hall–Kier alpha value is -1.57. The lowest BCUT2D eigenvalue weighted by Gasteiger charge is -2.23. The molecule has 0 aliphatic rings. The van der Waals surface area contributed by atoms with Crippen molar-refractivity contribution in [2.75, 3.05) is 25.2 Å². The summed E-state index contributed by atoms with van der Waals surface area (Å²) in [6.07, 6.45) is 3.10. The lowest BCUT2D eigenvalue weighted by molar-refractivity contribution is -0.113. The zero-order valence-corrected chi connectivity index (χ0v) is 18.9. The van der Waals surface area contributed by atoms with Crippen molar-refractivity contribution in [2.45, 2.75) is 57.8 Å². The monoisotopic (exact) mass is 423 g/mol. The number of anilines is 1. The maximum Gasteiger partial charge on any atom is 0.234 e. The average molecular weight is 424 g/mol. The van der Waals surface area contributed by atoms with Crippen LogP contribution in [0.25, 0.3) is 0 Å². The number of halogens is 1. The summed E-state index contributed by atoms with van der Waals surface area (Å²) in [5, 5.41) is 13.1. The Labute approximate surface area is 177 Å². The average Bonchev–Trinajstić information content (AvgIpc) is 3.04. The van der Waals surface area contributed by atoms with E-state index in [9.17, 15) is 4.79 Å². The van der Waals surface area contributed by atoms with Crippen LogP contribution in [0.4, 0.5) is 5.69 Å². The Kier molecular flexibility index (Phi) is 8.79. The number of nitrogens with zero attached hydrogens (tertiary/aromatic N) is 4. The summed E-state index contributed by atoms with van der Waals surface area (Å²) < 4.78 is 2.17. The molecule has 154 valence electrons. The van der Waals surface area contributed by atoms with Crippen LogP contribution in [0, 0.1) is 6.92 Å². The Morgan fingerprint density at radius 3 is 2.68 bits per heavy atom. The van der Waals surface area contributed by atoms with Crippen LogP contribution in [0.2, 0.25) is 5.02 Å². The van der Waals surface area contributed by atoms with Crippen LogP contribution in [0.15, 0.2) is 23.4 Å². The number of hydrogen-bond acceptors (Lipinski definition) is 5. The molecule has 0 aliphatic carbocycles. The molecular weight excluding hydrogens is 394 g/mol. The topological polar surface area (TPSA) is 63.1 Å². The number of rotatable bonds is 10. The predicted octanol–water partition coefficient (Wildman–Crippen LogP) is 4.78. The summed E-state index contributed by atoms with van der Waals surface area (Å²) in [5.74, 6) is 1.15. The molecule has 1 unspecified atom stereocenters. The number of unbranched alkanes of at least 4 members (excludes halogenated alkanes) is 1. The van der Waals surface area contributed by atoms with Crippen LogP contribution in [0.5, 0.6) is 0 Å². The van der Waals surface area contributed by atoms with Crippen molar-refractivity contribution in [1.29, 1.82) is 0 Å². The molecule has 0 aliphatic heterocycles. The van der Waals surface area contributed by atoms with Gasteiger partial charge in [-0.2, -0.15) is 0 Å². The number of carbonyl (C=O) groups is 1. The van der Waals surface area contributed by atoms with Crippen molar-refractivity contribution in [3.8, 4) is 0 Å². The van der Waals surface area contributed by atoms with Gasteiger partial charge in [-0.3, -0.25) is 9.69 Å². The van der Waals surface area contributed by atoms with Gasteiger partial charge in [0.1, 0.15) is 0 Å². The second kappa shape index (κ2) is 10.8. The fourth-order valence-electron chi connectivity index (χ4n) is 2.96. The standard InChI is InChI=1S/C20H30ClN5OS/c1-6-8-11-26-19(17(7-2)25(4)5)23-24-20(26)28-13-18(27)22-15-10-9-14(3)16(21)12-15/h9-10,12,17H,6-8,11,13H2,1-5H3,(H,22,27). The van der Waals surface area contributed by atoms with E-state index < -0.39 is 0 Å². The Morgan fingerprint density at radius 1 is 1.32 bits per heavy atom. The van der Waals surface area contributed by atoms with E-state index in [0.29, 0.717) is 10.7 Å². The summed E-state index contributed by atoms with van der Waals surface area (Å²) in [5.41, 5.74) is 1.69. The highest BCUT2D eigenvalue weighted by atomic mass is 35.5. The summed E-state index contributed by atoms with van der Waals surface area (Å²) in [6, 6.07) is 5.73. The van der Waals surface area contributed by atoms with Crippen molar-refractivity contribution in [2.24, 2.45) is 0 Å². The molecular formula is C20H30ClN5OS. The van der Waals surface area contributed by atoms with Gasteiger partial charge in [-0.1, -0.05) is 49.7 Å². The fourth-order valence-corrected chi connectivity index (χ4v) is 3.91. The second-order valence-electron chi connectivity index (χ2n) is 7.03. The number of carbonyl (C=O) groups excluding carboxylic acids is 1. The molecule has 6 nitrogen and oxygen atoms in total. The molecule has 0 saturated heterocycles. The van der Waals surface area contributed by atoms with Crippen LogP contribution < -0.4 is 5.32 Å². The number of thioether (sulfide) groups is 1. The first-order chi connectivity index (χ1) is 13.4. The second-order valence-corrected chi connectivity index (χ2v) is 8.38. The van der Waals surface area contributed by atoms with Crippen molar-refractivity contribution in [1.82, 2.24) is 19.7 Å². The summed E-state index contributed by atoms with van der Waals surface area (Å²) in [7, 11) is 4.11. The number of amides is 1. The Morgan fingerprint density at radius 2 is 2.07 bits per heavy atom. The lowest BCUT2D eigenvalue weighted by Crippen LogP contribution is -2.23. The van der Waals surface area contributed by atoms with Gasteiger partial charge in [-0.05, 0) is 51.6 Å². The zero-order chi connectivity index (χ0) is 20.7. The van der Waals surface area contributed by atoms with E-state index in [1.54, 1.807) is 6.07 Å². The molecule has 1 N–H and O–H groups in total. The molecule has 0 saturated carbocycles. The molecule has 1 aromatic carbocycles. The predicted molar refractivity (Wildman–Crippen MR) is 117 cm³/mol. The van der Waals surface area contributed by atoms with Gasteiger partial charge < -0.3 is 9.88 Å². The van der Waals surface area contributed by atoms with E-state index in [1.165, 1.54) is 11.8 Å². The number of aryl methyl sites for hydroxylation is 1. The first-order valence-electron chi connectivity index (χ1n) is 9.65. The minimum absolute atomic E-state index is 0.0869. The van der Waals surface area contributed by atoms with Gasteiger partial charge in [0.15, 0.2) is 11.0 Å². The molecule has 1 aromatic heterocycles. The maximum atomic E-state index is 12.4. The molecule has 0 spiro atoms. The van der Waals surface area contributed by atoms with Gasteiger partial charge in [-0.15, -0.1) is 10.2 Å². The van der Waals surface area contributed by atoms with Crippen LogP contribution in [0.3, 0.4) is 0 Å². The van der Waals surface area contributed by atoms with Crippen molar-refractivity contribution in [3.63, 3.8) is 0 Å². The zero-order valence-electron chi connectivity index (χ0n) is 17.3. The first kappa shape index (κ1) is 22.7. The minimum atomic E-state index is -0.0869. The number of hydrogen-bond donors (Lipinski definition) is 1. The van der Waals surface area contributed by atoms with E-state index in [2.05, 4.69) is 52.9 Å². The van der Waals surface area contributed by atoms with E-state index in [4.69, 9.17) is 11.6 Å². The SMILES string of the molecule is CCCCn1c(SCC(=O)Nc2ccc(C)c(Cl)c2)nnc1C(CC)N(C)C. The first-order valence-corrected chi connectivity index (χ1v) is 11.0. The molecule has 8 heteroatoms. The van der Waals surface area contributed by atoms with Crippen molar-refractivity contribution >= 4 is 35.0 Å². The largest absolute Gasteiger partial charge is 0.325 e. The molecule has 2 aromatic rings. The number of aromatic nitrogens is 3. The van der Waals surface area contributed by atoms with Crippen molar-refractivity contribution in [3.05, 3.63) is 34.6 Å². The third-order valence-electron chi connectivity index (χ3n) is 4.58. The molecule has 2 rings (SSSR count). The van der Waals surface area contributed by atoms with Gasteiger partial charge >= 0.3 is 0 Å². The highest BCUT2D eigenvalue weighted by molar-refractivity contribution is 7.99. The summed E-state index contributed by atoms with van der Waals surface area (Å²) >= 11 is 7.55. The van der Waals surface area contributed by atoms with E-state index in [-0.39, 0.29) is 17.7 Å². The van der Waals surface area contributed by atoms with Crippen LogP contribution in [-0.4, -0.2) is 45.4 Å². The third kappa shape index (κ3) is 5.96. The third-order valence-corrected chi connectivity index (χ3v) is 5.95. The lowest BCUT2D eigenvalue weighted by atomic mass is 10.2. The van der Waals surface area contributed by atoms with Gasteiger partial charge in [0.05, 0.1) is 11.8 Å².